The zero-order valence-electron chi connectivity index (χ0n) is 14.9. The highest BCUT2D eigenvalue weighted by Gasteiger charge is 2.35. The second kappa shape index (κ2) is 7.89. The Kier molecular flexibility index (Phi) is 5.33. The molecule has 28 heavy (non-hydrogen) atoms. The van der Waals surface area contributed by atoms with Crippen molar-refractivity contribution in [2.75, 3.05) is 24.7 Å². The highest BCUT2D eigenvalue weighted by molar-refractivity contribution is 6.34. The van der Waals surface area contributed by atoms with Gasteiger partial charge in [-0.3, -0.25) is 9.59 Å². The van der Waals surface area contributed by atoms with Crippen LogP contribution in [0.15, 0.2) is 36.4 Å². The van der Waals surface area contributed by atoms with Gasteiger partial charge in [-0.2, -0.15) is 0 Å². The van der Waals surface area contributed by atoms with Crippen LogP contribution in [0.25, 0.3) is 0 Å². The number of nitrogens with one attached hydrogen (secondary N) is 1. The molecular formula is C20H18Cl2N2O4. The summed E-state index contributed by atoms with van der Waals surface area (Å²) < 4.78 is 11.0. The number of nitrogens with zero attached hydrogens (tertiary/aromatic N) is 1. The van der Waals surface area contributed by atoms with Gasteiger partial charge in [0.15, 0.2) is 11.5 Å². The minimum Gasteiger partial charge on any atom is -0.486 e. The lowest BCUT2D eigenvalue weighted by atomic mass is 10.1. The first kappa shape index (κ1) is 18.9. The molecule has 2 aromatic carbocycles. The summed E-state index contributed by atoms with van der Waals surface area (Å²) in [6.07, 6.45) is 0.152. The number of rotatable bonds is 4. The lowest BCUT2D eigenvalue weighted by molar-refractivity contribution is -0.126. The summed E-state index contributed by atoms with van der Waals surface area (Å²) in [4.78, 5) is 26.5. The van der Waals surface area contributed by atoms with Crippen LogP contribution in [0.5, 0.6) is 11.5 Å². The third-order valence-electron chi connectivity index (χ3n) is 4.76. The Balaban J connectivity index is 1.40. The standard InChI is InChI=1S/C20H18Cl2N2O4/c21-14-3-1-2-4-16(14)24-11-13(9-18(24)25)20(26)23-10-12-7-15(22)19-17(8-12)27-5-6-28-19/h1-4,7-8,13H,5-6,9-11H2,(H,23,26). The molecule has 4 rings (SSSR count). The summed E-state index contributed by atoms with van der Waals surface area (Å²) in [6, 6.07) is 10.7. The molecule has 6 nitrogen and oxygen atoms in total. The van der Waals surface area contributed by atoms with Crippen molar-refractivity contribution in [1.29, 1.82) is 0 Å². The minimum absolute atomic E-state index is 0.115. The summed E-state index contributed by atoms with van der Waals surface area (Å²) in [5, 5.41) is 3.81. The van der Waals surface area contributed by atoms with E-state index in [2.05, 4.69) is 5.32 Å². The lowest BCUT2D eigenvalue weighted by Crippen LogP contribution is -2.32. The van der Waals surface area contributed by atoms with E-state index in [1.165, 1.54) is 0 Å². The van der Waals surface area contributed by atoms with Crippen LogP contribution in [0.3, 0.4) is 0 Å². The first-order valence-electron chi connectivity index (χ1n) is 8.93. The SMILES string of the molecule is O=C(NCc1cc(Cl)c2c(c1)OCCO2)C1CC(=O)N(c2ccccc2Cl)C1. The summed E-state index contributed by atoms with van der Waals surface area (Å²) in [7, 11) is 0. The molecule has 0 aliphatic carbocycles. The number of amides is 2. The molecule has 8 heteroatoms. The normalized spacial score (nSPS) is 18.3. The molecule has 0 bridgehead atoms. The van der Waals surface area contributed by atoms with Crippen molar-refractivity contribution >= 4 is 40.7 Å². The van der Waals surface area contributed by atoms with Crippen LogP contribution in [0.1, 0.15) is 12.0 Å². The fraction of sp³-hybridized carbons (Fsp3) is 0.300. The van der Waals surface area contributed by atoms with Crippen molar-refractivity contribution in [3.05, 3.63) is 52.0 Å². The molecule has 0 radical (unpaired) electrons. The molecule has 2 aromatic rings. The van der Waals surface area contributed by atoms with Crippen molar-refractivity contribution in [1.82, 2.24) is 5.32 Å². The number of hydrogen-bond acceptors (Lipinski definition) is 4. The quantitative estimate of drug-likeness (QED) is 0.822. The number of fused-ring (bicyclic) bond motifs is 1. The van der Waals surface area contributed by atoms with Crippen LogP contribution < -0.4 is 19.7 Å². The molecule has 1 unspecified atom stereocenters. The number of benzene rings is 2. The van der Waals surface area contributed by atoms with E-state index >= 15 is 0 Å². The van der Waals surface area contributed by atoms with Gasteiger partial charge >= 0.3 is 0 Å². The molecule has 1 atom stereocenters. The maximum atomic E-state index is 12.6. The maximum absolute atomic E-state index is 12.6. The van der Waals surface area contributed by atoms with Crippen molar-refractivity contribution in [3.63, 3.8) is 0 Å². The smallest absolute Gasteiger partial charge is 0.227 e. The number of carbonyl (C=O) groups excluding carboxylic acids is 2. The van der Waals surface area contributed by atoms with Gasteiger partial charge in [0.1, 0.15) is 13.2 Å². The molecule has 0 spiro atoms. The van der Waals surface area contributed by atoms with E-state index in [0.717, 1.165) is 5.56 Å². The fourth-order valence-electron chi connectivity index (χ4n) is 3.39. The summed E-state index contributed by atoms with van der Waals surface area (Å²) in [5.41, 5.74) is 1.43. The van der Waals surface area contributed by atoms with Crippen LogP contribution >= 0.6 is 23.2 Å². The molecule has 2 heterocycles. The van der Waals surface area contributed by atoms with Gasteiger partial charge in [-0.25, -0.2) is 0 Å². The molecule has 0 aromatic heterocycles. The van der Waals surface area contributed by atoms with Crippen LogP contribution in [0, 0.1) is 5.92 Å². The Bertz CT molecular complexity index is 934. The van der Waals surface area contributed by atoms with Crippen LogP contribution in [0.2, 0.25) is 10.0 Å². The van der Waals surface area contributed by atoms with Gasteiger partial charge in [-0.15, -0.1) is 0 Å². The lowest BCUT2D eigenvalue weighted by Gasteiger charge is -2.20. The number of ether oxygens (including phenoxy) is 2. The molecule has 1 fully saturated rings. The molecule has 1 saturated heterocycles. The number of para-hydroxylation sites is 1. The zero-order chi connectivity index (χ0) is 19.7. The number of carbonyl (C=O) groups is 2. The maximum Gasteiger partial charge on any atom is 0.227 e. The number of anilines is 1. The van der Waals surface area contributed by atoms with Crippen molar-refractivity contribution < 1.29 is 19.1 Å². The third kappa shape index (κ3) is 3.75. The Morgan fingerprint density at radius 3 is 2.75 bits per heavy atom. The van der Waals surface area contributed by atoms with Gasteiger partial charge < -0.3 is 19.7 Å². The molecule has 0 saturated carbocycles. The van der Waals surface area contributed by atoms with E-state index in [0.29, 0.717) is 47.0 Å². The first-order valence-corrected chi connectivity index (χ1v) is 9.69. The van der Waals surface area contributed by atoms with Crippen molar-refractivity contribution in [2.24, 2.45) is 5.92 Å². The van der Waals surface area contributed by atoms with E-state index in [1.54, 1.807) is 35.2 Å². The Labute approximate surface area is 172 Å². The number of hydrogen-bond donors (Lipinski definition) is 1. The summed E-state index contributed by atoms with van der Waals surface area (Å²) in [5.74, 6) is 0.365. The largest absolute Gasteiger partial charge is 0.486 e. The average Bonchev–Trinajstić information content (AvgIpc) is 3.08. The second-order valence-corrected chi connectivity index (χ2v) is 7.49. The van der Waals surface area contributed by atoms with Crippen LogP contribution in [0.4, 0.5) is 5.69 Å². The van der Waals surface area contributed by atoms with Gasteiger partial charge in [-0.05, 0) is 29.8 Å². The first-order chi connectivity index (χ1) is 13.5. The third-order valence-corrected chi connectivity index (χ3v) is 5.36. The van der Waals surface area contributed by atoms with Gasteiger partial charge in [0, 0.05) is 19.5 Å². The predicted molar refractivity (Wildman–Crippen MR) is 106 cm³/mol. The van der Waals surface area contributed by atoms with Crippen LogP contribution in [-0.2, 0) is 16.1 Å². The molecular weight excluding hydrogens is 403 g/mol. The molecule has 2 aliphatic heterocycles. The second-order valence-electron chi connectivity index (χ2n) is 6.68. The number of halogens is 2. The van der Waals surface area contributed by atoms with Crippen LogP contribution in [-0.4, -0.2) is 31.6 Å². The molecule has 146 valence electrons. The van der Waals surface area contributed by atoms with E-state index in [1.807, 2.05) is 6.07 Å². The molecule has 2 amide bonds. The highest BCUT2D eigenvalue weighted by atomic mass is 35.5. The molecule has 1 N–H and O–H groups in total. The monoisotopic (exact) mass is 420 g/mol. The molecule has 2 aliphatic rings. The van der Waals surface area contributed by atoms with Gasteiger partial charge in [0.25, 0.3) is 0 Å². The van der Waals surface area contributed by atoms with Gasteiger partial charge in [-0.1, -0.05) is 35.3 Å². The minimum atomic E-state index is -0.434. The topological polar surface area (TPSA) is 67.9 Å². The van der Waals surface area contributed by atoms with Gasteiger partial charge in [0.05, 0.1) is 21.7 Å². The van der Waals surface area contributed by atoms with Crippen molar-refractivity contribution in [2.45, 2.75) is 13.0 Å². The summed E-state index contributed by atoms with van der Waals surface area (Å²) in [6.45, 7) is 1.50. The fourth-order valence-corrected chi connectivity index (χ4v) is 3.91. The van der Waals surface area contributed by atoms with E-state index in [-0.39, 0.29) is 24.8 Å². The average molecular weight is 421 g/mol. The van der Waals surface area contributed by atoms with Gasteiger partial charge in [0.2, 0.25) is 11.8 Å². The predicted octanol–water partition coefficient (Wildman–Crippen LogP) is 3.43. The van der Waals surface area contributed by atoms with Crippen molar-refractivity contribution in [3.8, 4) is 11.5 Å². The zero-order valence-corrected chi connectivity index (χ0v) is 16.4. The summed E-state index contributed by atoms with van der Waals surface area (Å²) >= 11 is 12.4. The Morgan fingerprint density at radius 2 is 1.93 bits per heavy atom. The van der Waals surface area contributed by atoms with E-state index in [9.17, 15) is 9.59 Å². The Hall–Kier alpha value is -2.44. The Morgan fingerprint density at radius 1 is 1.14 bits per heavy atom. The van der Waals surface area contributed by atoms with E-state index in [4.69, 9.17) is 32.7 Å². The van der Waals surface area contributed by atoms with E-state index < -0.39 is 5.92 Å². The highest BCUT2D eigenvalue weighted by Crippen LogP contribution is 2.38.